The van der Waals surface area contributed by atoms with Crippen molar-refractivity contribution < 1.29 is 9.53 Å². The van der Waals surface area contributed by atoms with Crippen LogP contribution in [-0.2, 0) is 11.2 Å². The zero-order valence-corrected chi connectivity index (χ0v) is 11.2. The molecule has 0 aromatic carbocycles. The van der Waals surface area contributed by atoms with E-state index in [9.17, 15) is 4.79 Å². The number of nitrogens with one attached hydrogen (secondary N) is 1. The molecule has 0 aliphatic rings. The van der Waals surface area contributed by atoms with E-state index < -0.39 is 0 Å². The van der Waals surface area contributed by atoms with E-state index in [2.05, 4.69) is 20.3 Å². The number of rotatable bonds is 6. The molecule has 6 nitrogen and oxygen atoms in total. The number of anilines is 1. The summed E-state index contributed by atoms with van der Waals surface area (Å²) in [6, 6.07) is 3.93. The van der Waals surface area contributed by atoms with Gasteiger partial charge >= 0.3 is 6.01 Å². The van der Waals surface area contributed by atoms with Crippen molar-refractivity contribution in [2.75, 3.05) is 11.9 Å². The molecular formula is C14H16N4O2. The predicted molar refractivity (Wildman–Crippen MR) is 74.4 cm³/mol. The van der Waals surface area contributed by atoms with E-state index in [1.165, 1.54) is 0 Å². The van der Waals surface area contributed by atoms with Crippen LogP contribution in [0.3, 0.4) is 0 Å². The second kappa shape index (κ2) is 7.18. The number of pyridine rings is 1. The van der Waals surface area contributed by atoms with Gasteiger partial charge in [-0.05, 0) is 31.0 Å². The average molecular weight is 272 g/mol. The molecule has 0 fully saturated rings. The van der Waals surface area contributed by atoms with Crippen LogP contribution in [0.4, 0.5) is 5.69 Å². The zero-order valence-electron chi connectivity index (χ0n) is 11.2. The number of carbonyl (C=O) groups excluding carboxylic acids is 1. The minimum Gasteiger partial charge on any atom is -0.464 e. The van der Waals surface area contributed by atoms with Crippen LogP contribution in [0.1, 0.15) is 18.9 Å². The van der Waals surface area contributed by atoms with Crippen molar-refractivity contribution in [3.63, 3.8) is 0 Å². The monoisotopic (exact) mass is 272 g/mol. The summed E-state index contributed by atoms with van der Waals surface area (Å²) in [6.45, 7) is 2.41. The maximum atomic E-state index is 11.8. The SMILES string of the molecule is CCOc1ncc(CCC(=O)Nc2cccnc2)cn1. The van der Waals surface area contributed by atoms with E-state index in [1.807, 2.05) is 6.92 Å². The Bertz CT molecular complexity index is 543. The van der Waals surface area contributed by atoms with Gasteiger partial charge in [0, 0.05) is 25.0 Å². The fraction of sp³-hybridized carbons (Fsp3) is 0.286. The average Bonchev–Trinajstić information content (AvgIpc) is 2.48. The molecule has 0 saturated carbocycles. The van der Waals surface area contributed by atoms with Crippen molar-refractivity contribution in [1.82, 2.24) is 15.0 Å². The van der Waals surface area contributed by atoms with E-state index in [4.69, 9.17) is 4.74 Å². The molecule has 0 spiro atoms. The molecule has 2 aromatic rings. The van der Waals surface area contributed by atoms with Gasteiger partial charge in [0.15, 0.2) is 0 Å². The predicted octanol–water partition coefficient (Wildman–Crippen LogP) is 1.84. The van der Waals surface area contributed by atoms with Crippen LogP contribution in [0, 0.1) is 0 Å². The summed E-state index contributed by atoms with van der Waals surface area (Å²) >= 11 is 0. The van der Waals surface area contributed by atoms with Crippen LogP contribution in [0.2, 0.25) is 0 Å². The van der Waals surface area contributed by atoms with Gasteiger partial charge in [-0.2, -0.15) is 0 Å². The lowest BCUT2D eigenvalue weighted by Crippen LogP contribution is -2.12. The van der Waals surface area contributed by atoms with Gasteiger partial charge in [-0.15, -0.1) is 0 Å². The van der Waals surface area contributed by atoms with Crippen molar-refractivity contribution in [1.29, 1.82) is 0 Å². The highest BCUT2D eigenvalue weighted by atomic mass is 16.5. The third kappa shape index (κ3) is 4.31. The number of aromatic nitrogens is 3. The van der Waals surface area contributed by atoms with Crippen LogP contribution in [0.25, 0.3) is 0 Å². The van der Waals surface area contributed by atoms with E-state index in [0.717, 1.165) is 5.56 Å². The fourth-order valence-electron chi connectivity index (χ4n) is 1.59. The molecule has 1 amide bonds. The molecule has 0 unspecified atom stereocenters. The number of aryl methyl sites for hydroxylation is 1. The lowest BCUT2D eigenvalue weighted by molar-refractivity contribution is -0.116. The van der Waals surface area contributed by atoms with Crippen LogP contribution < -0.4 is 10.1 Å². The molecule has 0 saturated heterocycles. The molecule has 0 aliphatic carbocycles. The van der Waals surface area contributed by atoms with Gasteiger partial charge in [-0.3, -0.25) is 9.78 Å². The van der Waals surface area contributed by atoms with E-state index in [-0.39, 0.29) is 5.91 Å². The molecule has 0 aliphatic heterocycles. The smallest absolute Gasteiger partial charge is 0.316 e. The van der Waals surface area contributed by atoms with Crippen LogP contribution in [0.5, 0.6) is 6.01 Å². The number of amides is 1. The highest BCUT2D eigenvalue weighted by Gasteiger charge is 2.04. The molecule has 104 valence electrons. The molecule has 2 heterocycles. The molecule has 0 atom stereocenters. The highest BCUT2D eigenvalue weighted by molar-refractivity contribution is 5.90. The Balaban J connectivity index is 1.81. The van der Waals surface area contributed by atoms with Crippen molar-refractivity contribution in [2.45, 2.75) is 19.8 Å². The van der Waals surface area contributed by atoms with Gasteiger partial charge in [-0.25, -0.2) is 9.97 Å². The van der Waals surface area contributed by atoms with Crippen molar-refractivity contribution in [2.24, 2.45) is 0 Å². The summed E-state index contributed by atoms with van der Waals surface area (Å²) in [5, 5.41) is 2.78. The Morgan fingerprint density at radius 1 is 1.30 bits per heavy atom. The third-order valence-corrected chi connectivity index (χ3v) is 2.54. The van der Waals surface area contributed by atoms with Crippen molar-refractivity contribution in [3.8, 4) is 6.01 Å². The van der Waals surface area contributed by atoms with Gasteiger partial charge in [0.1, 0.15) is 0 Å². The normalized spacial score (nSPS) is 10.1. The van der Waals surface area contributed by atoms with Crippen LogP contribution in [0.15, 0.2) is 36.9 Å². The lowest BCUT2D eigenvalue weighted by Gasteiger charge is -2.05. The number of ether oxygens (including phenoxy) is 1. The fourth-order valence-corrected chi connectivity index (χ4v) is 1.59. The summed E-state index contributed by atoms with van der Waals surface area (Å²) in [4.78, 5) is 23.8. The topological polar surface area (TPSA) is 77.0 Å². The number of hydrogen-bond donors (Lipinski definition) is 1. The summed E-state index contributed by atoms with van der Waals surface area (Å²) in [5.41, 5.74) is 1.59. The van der Waals surface area contributed by atoms with Gasteiger partial charge in [0.25, 0.3) is 0 Å². The maximum Gasteiger partial charge on any atom is 0.316 e. The van der Waals surface area contributed by atoms with Crippen molar-refractivity contribution >= 4 is 11.6 Å². The third-order valence-electron chi connectivity index (χ3n) is 2.54. The van der Waals surface area contributed by atoms with Gasteiger partial charge in [-0.1, -0.05) is 0 Å². The first-order valence-electron chi connectivity index (χ1n) is 6.41. The lowest BCUT2D eigenvalue weighted by atomic mass is 10.2. The minimum absolute atomic E-state index is 0.0631. The van der Waals surface area contributed by atoms with Gasteiger partial charge < -0.3 is 10.1 Å². The second-order valence-corrected chi connectivity index (χ2v) is 4.10. The Morgan fingerprint density at radius 2 is 2.10 bits per heavy atom. The first-order valence-corrected chi connectivity index (χ1v) is 6.41. The van der Waals surface area contributed by atoms with E-state index in [0.29, 0.717) is 31.1 Å². The molecule has 2 rings (SSSR count). The first kappa shape index (κ1) is 13.9. The molecule has 6 heteroatoms. The molecule has 2 aromatic heterocycles. The van der Waals surface area contributed by atoms with Gasteiger partial charge in [0.2, 0.25) is 5.91 Å². The number of hydrogen-bond acceptors (Lipinski definition) is 5. The molecule has 0 radical (unpaired) electrons. The minimum atomic E-state index is -0.0631. The molecular weight excluding hydrogens is 256 g/mol. The van der Waals surface area contributed by atoms with Crippen LogP contribution in [-0.4, -0.2) is 27.5 Å². The quantitative estimate of drug-likeness (QED) is 0.868. The largest absolute Gasteiger partial charge is 0.464 e. The molecule has 20 heavy (non-hydrogen) atoms. The zero-order chi connectivity index (χ0) is 14.2. The summed E-state index contributed by atoms with van der Waals surface area (Å²) < 4.78 is 5.16. The second-order valence-electron chi connectivity index (χ2n) is 4.10. The maximum absolute atomic E-state index is 11.8. The van der Waals surface area contributed by atoms with Crippen LogP contribution >= 0.6 is 0 Å². The summed E-state index contributed by atoms with van der Waals surface area (Å²) in [6.07, 6.45) is 7.57. The van der Waals surface area contributed by atoms with Crippen molar-refractivity contribution in [3.05, 3.63) is 42.5 Å². The Labute approximate surface area is 117 Å². The van der Waals surface area contributed by atoms with Gasteiger partial charge in [0.05, 0.1) is 18.5 Å². The highest BCUT2D eigenvalue weighted by Crippen LogP contribution is 2.07. The molecule has 0 bridgehead atoms. The van der Waals surface area contributed by atoms with E-state index in [1.54, 1.807) is 36.9 Å². The first-order chi connectivity index (χ1) is 9.78. The Morgan fingerprint density at radius 3 is 2.75 bits per heavy atom. The number of carbonyl (C=O) groups is 1. The Kier molecular flexibility index (Phi) is 5.00. The van der Waals surface area contributed by atoms with E-state index >= 15 is 0 Å². The Hall–Kier alpha value is -2.50. The number of nitrogens with zero attached hydrogens (tertiary/aromatic N) is 3. The summed E-state index contributed by atoms with van der Waals surface area (Å²) in [5.74, 6) is -0.0631. The molecule has 1 N–H and O–H groups in total. The standard InChI is InChI=1S/C14H16N4O2/c1-2-20-14-16-8-11(9-17-14)5-6-13(19)18-12-4-3-7-15-10-12/h3-4,7-10H,2,5-6H2,1H3,(H,18,19). The summed E-state index contributed by atoms with van der Waals surface area (Å²) in [7, 11) is 0.